The predicted octanol–water partition coefficient (Wildman–Crippen LogP) is 0.728. The van der Waals surface area contributed by atoms with E-state index in [2.05, 4.69) is 20.4 Å². The molecule has 4 nitrogen and oxygen atoms in total. The Morgan fingerprint density at radius 1 is 1.09 bits per heavy atom. The first-order chi connectivity index (χ1) is 5.36. The highest BCUT2D eigenvalue weighted by atomic mass is 15.1. The SMILES string of the molecule is Cc1cc2cnncc2nn1. The first-order valence-electron chi connectivity index (χ1n) is 3.27. The molecule has 0 unspecified atom stereocenters. The summed E-state index contributed by atoms with van der Waals surface area (Å²) in [6, 6.07) is 1.93. The largest absolute Gasteiger partial charge is 0.158 e. The number of rotatable bonds is 0. The van der Waals surface area contributed by atoms with Crippen LogP contribution < -0.4 is 0 Å². The van der Waals surface area contributed by atoms with E-state index in [4.69, 9.17) is 0 Å². The van der Waals surface area contributed by atoms with E-state index in [-0.39, 0.29) is 0 Å². The number of hydrogen-bond acceptors (Lipinski definition) is 4. The van der Waals surface area contributed by atoms with Crippen molar-refractivity contribution in [1.29, 1.82) is 0 Å². The van der Waals surface area contributed by atoms with Crippen LogP contribution in [-0.2, 0) is 0 Å². The molecular weight excluding hydrogens is 140 g/mol. The molecule has 0 N–H and O–H groups in total. The Hall–Kier alpha value is -1.58. The molecule has 0 radical (unpaired) electrons. The van der Waals surface area contributed by atoms with Crippen molar-refractivity contribution in [2.24, 2.45) is 0 Å². The first-order valence-corrected chi connectivity index (χ1v) is 3.27. The van der Waals surface area contributed by atoms with E-state index in [1.54, 1.807) is 12.4 Å². The fraction of sp³-hybridized carbons (Fsp3) is 0.143. The summed E-state index contributed by atoms with van der Waals surface area (Å²) in [6.07, 6.45) is 3.28. The monoisotopic (exact) mass is 146 g/mol. The summed E-state index contributed by atoms with van der Waals surface area (Å²) in [5.74, 6) is 0. The van der Waals surface area contributed by atoms with Gasteiger partial charge in [0.05, 0.1) is 18.1 Å². The van der Waals surface area contributed by atoms with Crippen LogP contribution in [0, 0.1) is 6.92 Å². The van der Waals surface area contributed by atoms with Crippen molar-refractivity contribution >= 4 is 10.9 Å². The van der Waals surface area contributed by atoms with Gasteiger partial charge in [-0.25, -0.2) is 0 Å². The zero-order valence-electron chi connectivity index (χ0n) is 6.02. The summed E-state index contributed by atoms with van der Waals surface area (Å²) < 4.78 is 0. The average molecular weight is 146 g/mol. The Morgan fingerprint density at radius 3 is 2.82 bits per heavy atom. The van der Waals surface area contributed by atoms with Crippen molar-refractivity contribution in [3.05, 3.63) is 24.2 Å². The topological polar surface area (TPSA) is 51.6 Å². The second kappa shape index (κ2) is 2.23. The standard InChI is InChI=1S/C7H6N4/c1-5-2-6-3-8-9-4-7(6)11-10-5/h2-4H,1H3. The van der Waals surface area contributed by atoms with Crippen molar-refractivity contribution in [3.8, 4) is 0 Å². The van der Waals surface area contributed by atoms with E-state index < -0.39 is 0 Å². The Morgan fingerprint density at radius 2 is 1.91 bits per heavy atom. The number of fused-ring (bicyclic) bond motifs is 1. The number of aromatic nitrogens is 4. The van der Waals surface area contributed by atoms with Crippen LogP contribution in [-0.4, -0.2) is 20.4 Å². The zero-order valence-corrected chi connectivity index (χ0v) is 6.02. The summed E-state index contributed by atoms with van der Waals surface area (Å²) in [7, 11) is 0. The molecule has 54 valence electrons. The van der Waals surface area contributed by atoms with Gasteiger partial charge in [0.2, 0.25) is 0 Å². The van der Waals surface area contributed by atoms with Gasteiger partial charge in [0, 0.05) is 5.39 Å². The van der Waals surface area contributed by atoms with Gasteiger partial charge in [-0.05, 0) is 13.0 Å². The quantitative estimate of drug-likeness (QED) is 0.549. The van der Waals surface area contributed by atoms with Crippen molar-refractivity contribution in [2.75, 3.05) is 0 Å². The molecule has 0 aromatic carbocycles. The lowest BCUT2D eigenvalue weighted by molar-refractivity contribution is 0.986. The van der Waals surface area contributed by atoms with Crippen LogP contribution >= 0.6 is 0 Å². The third-order valence-electron chi connectivity index (χ3n) is 1.42. The second-order valence-electron chi connectivity index (χ2n) is 2.32. The summed E-state index contributed by atoms with van der Waals surface area (Å²) in [5, 5.41) is 16.2. The summed E-state index contributed by atoms with van der Waals surface area (Å²) in [6.45, 7) is 1.90. The lowest BCUT2D eigenvalue weighted by Crippen LogP contribution is -1.89. The molecule has 0 aliphatic rings. The van der Waals surface area contributed by atoms with Gasteiger partial charge in [0.25, 0.3) is 0 Å². The smallest absolute Gasteiger partial charge is 0.115 e. The summed E-state index contributed by atoms with van der Waals surface area (Å²) >= 11 is 0. The Kier molecular flexibility index (Phi) is 1.25. The Bertz CT molecular complexity index is 385. The van der Waals surface area contributed by atoms with Crippen molar-refractivity contribution in [3.63, 3.8) is 0 Å². The summed E-state index contributed by atoms with van der Waals surface area (Å²) in [4.78, 5) is 0. The molecule has 4 heteroatoms. The first kappa shape index (κ1) is 6.15. The average Bonchev–Trinajstić information content (AvgIpc) is 2.04. The number of hydrogen-bond donors (Lipinski definition) is 0. The minimum absolute atomic E-state index is 0.783. The minimum Gasteiger partial charge on any atom is -0.158 e. The molecule has 0 atom stereocenters. The molecule has 0 aliphatic carbocycles. The maximum Gasteiger partial charge on any atom is 0.115 e. The van der Waals surface area contributed by atoms with E-state index in [1.165, 1.54) is 0 Å². The molecule has 0 bridgehead atoms. The molecule has 2 rings (SSSR count). The van der Waals surface area contributed by atoms with Crippen molar-refractivity contribution in [1.82, 2.24) is 20.4 Å². The fourth-order valence-corrected chi connectivity index (χ4v) is 0.906. The summed E-state index contributed by atoms with van der Waals surface area (Å²) in [5.41, 5.74) is 1.68. The molecule has 2 heterocycles. The molecular formula is C7H6N4. The highest BCUT2D eigenvalue weighted by Gasteiger charge is 1.94. The van der Waals surface area contributed by atoms with Crippen molar-refractivity contribution in [2.45, 2.75) is 6.92 Å². The lowest BCUT2D eigenvalue weighted by Gasteiger charge is -1.93. The molecule has 0 spiro atoms. The Labute approximate surface area is 63.3 Å². The van der Waals surface area contributed by atoms with Crippen LogP contribution in [0.2, 0.25) is 0 Å². The third kappa shape index (κ3) is 1.02. The Balaban J connectivity index is 2.83. The molecule has 0 saturated heterocycles. The fourth-order valence-electron chi connectivity index (χ4n) is 0.906. The molecule has 0 saturated carbocycles. The lowest BCUT2D eigenvalue weighted by atomic mass is 10.3. The van der Waals surface area contributed by atoms with Crippen LogP contribution in [0.25, 0.3) is 10.9 Å². The molecule has 0 amide bonds. The van der Waals surface area contributed by atoms with E-state index in [0.717, 1.165) is 16.6 Å². The van der Waals surface area contributed by atoms with Gasteiger partial charge in [0.15, 0.2) is 0 Å². The van der Waals surface area contributed by atoms with E-state index in [9.17, 15) is 0 Å². The van der Waals surface area contributed by atoms with Gasteiger partial charge >= 0.3 is 0 Å². The van der Waals surface area contributed by atoms with Gasteiger partial charge in [-0.1, -0.05) is 0 Å². The molecule has 0 aliphatic heterocycles. The maximum atomic E-state index is 3.93. The number of aryl methyl sites for hydroxylation is 1. The predicted molar refractivity (Wildman–Crippen MR) is 39.9 cm³/mol. The molecule has 2 aromatic heterocycles. The van der Waals surface area contributed by atoms with E-state index >= 15 is 0 Å². The highest BCUT2D eigenvalue weighted by molar-refractivity contribution is 5.75. The van der Waals surface area contributed by atoms with Crippen LogP contribution in [0.5, 0.6) is 0 Å². The van der Waals surface area contributed by atoms with Gasteiger partial charge < -0.3 is 0 Å². The molecule has 2 aromatic rings. The van der Waals surface area contributed by atoms with Gasteiger partial charge in [0.1, 0.15) is 5.52 Å². The second-order valence-corrected chi connectivity index (χ2v) is 2.32. The third-order valence-corrected chi connectivity index (χ3v) is 1.42. The molecule has 11 heavy (non-hydrogen) atoms. The van der Waals surface area contributed by atoms with Crippen LogP contribution in [0.3, 0.4) is 0 Å². The van der Waals surface area contributed by atoms with Crippen molar-refractivity contribution < 1.29 is 0 Å². The van der Waals surface area contributed by atoms with E-state index in [1.807, 2.05) is 13.0 Å². The van der Waals surface area contributed by atoms with Gasteiger partial charge in [-0.3, -0.25) is 0 Å². The number of nitrogens with zero attached hydrogens (tertiary/aromatic N) is 4. The zero-order chi connectivity index (χ0) is 7.68. The van der Waals surface area contributed by atoms with Crippen LogP contribution in [0.4, 0.5) is 0 Å². The maximum absolute atomic E-state index is 3.93. The molecule has 0 fully saturated rings. The highest BCUT2D eigenvalue weighted by Crippen LogP contribution is 2.06. The van der Waals surface area contributed by atoms with Crippen LogP contribution in [0.15, 0.2) is 18.5 Å². The van der Waals surface area contributed by atoms with Crippen LogP contribution in [0.1, 0.15) is 5.69 Å². The van der Waals surface area contributed by atoms with E-state index in [0.29, 0.717) is 0 Å². The minimum atomic E-state index is 0.783. The van der Waals surface area contributed by atoms with Gasteiger partial charge in [-0.15, -0.1) is 5.10 Å². The normalized spacial score (nSPS) is 10.3. The van der Waals surface area contributed by atoms with Gasteiger partial charge in [-0.2, -0.15) is 15.3 Å².